The number of ether oxygens (including phenoxy) is 4. The van der Waals surface area contributed by atoms with E-state index in [0.717, 1.165) is 12.8 Å². The zero-order valence-electron chi connectivity index (χ0n) is 38.8. The Labute approximate surface area is 377 Å². The SMILES string of the molecule is CN[C@@H](C)C(=O)N[C@@H](CCCCCC[C@H](NC(=O)[C@H](C)NC)C(=O)N1CCC[C@H]1CNC(=O)c1c(OC)cccc1OC)C(=O)N1CCC[C@H]1CNC(=O)c1c(OC)cccc1OC. The Morgan fingerprint density at radius 3 is 1.23 bits per heavy atom. The predicted octanol–water partition coefficient (Wildman–Crippen LogP) is 2.39. The fraction of sp³-hybridized carbons (Fsp3) is 0.609. The molecule has 2 aliphatic rings. The molecule has 2 aromatic carbocycles. The highest BCUT2D eigenvalue weighted by Gasteiger charge is 2.36. The third kappa shape index (κ3) is 13.5. The van der Waals surface area contributed by atoms with E-state index >= 15 is 0 Å². The lowest BCUT2D eigenvalue weighted by Crippen LogP contribution is -2.54. The van der Waals surface area contributed by atoms with E-state index in [2.05, 4.69) is 31.9 Å². The van der Waals surface area contributed by atoms with Crippen molar-refractivity contribution in [2.75, 3.05) is 68.7 Å². The minimum absolute atomic E-state index is 0.200. The Balaban J connectivity index is 1.36. The summed E-state index contributed by atoms with van der Waals surface area (Å²) in [5.41, 5.74) is 0.543. The van der Waals surface area contributed by atoms with Crippen LogP contribution in [0.3, 0.4) is 0 Å². The number of carbonyl (C=O) groups excluding carboxylic acids is 6. The summed E-state index contributed by atoms with van der Waals surface area (Å²) in [6, 6.07) is 7.08. The van der Waals surface area contributed by atoms with Gasteiger partial charge in [-0.2, -0.15) is 0 Å². The van der Waals surface area contributed by atoms with Gasteiger partial charge in [0.15, 0.2) is 0 Å². The zero-order valence-corrected chi connectivity index (χ0v) is 38.8. The number of amides is 6. The van der Waals surface area contributed by atoms with Gasteiger partial charge >= 0.3 is 0 Å². The molecule has 6 N–H and O–H groups in total. The number of likely N-dealkylation sites (tertiary alicyclic amines) is 2. The fourth-order valence-corrected chi connectivity index (χ4v) is 8.25. The summed E-state index contributed by atoms with van der Waals surface area (Å²) in [5, 5.41) is 17.7. The third-order valence-electron chi connectivity index (χ3n) is 12.2. The number of benzene rings is 2. The minimum atomic E-state index is -0.776. The van der Waals surface area contributed by atoms with E-state index in [1.807, 2.05) is 0 Å². The summed E-state index contributed by atoms with van der Waals surface area (Å²) < 4.78 is 21.6. The van der Waals surface area contributed by atoms with Crippen molar-refractivity contribution in [1.29, 1.82) is 0 Å². The Hall–Kier alpha value is -5.62. The van der Waals surface area contributed by atoms with Gasteiger partial charge in [-0.1, -0.05) is 37.8 Å². The second-order valence-electron chi connectivity index (χ2n) is 16.3. The molecule has 4 rings (SSSR count). The number of rotatable bonds is 25. The number of hydrogen-bond donors (Lipinski definition) is 6. The van der Waals surface area contributed by atoms with Gasteiger partial charge in [0.2, 0.25) is 23.6 Å². The van der Waals surface area contributed by atoms with Crippen LogP contribution in [0.15, 0.2) is 36.4 Å². The summed E-state index contributed by atoms with van der Waals surface area (Å²) in [7, 11) is 9.29. The maximum atomic E-state index is 14.2. The molecule has 0 unspecified atom stereocenters. The van der Waals surface area contributed by atoms with Gasteiger partial charge in [-0.05, 0) is 90.7 Å². The molecule has 0 bridgehead atoms. The van der Waals surface area contributed by atoms with E-state index in [0.29, 0.717) is 87.5 Å². The molecule has 0 radical (unpaired) electrons. The molecule has 18 heteroatoms. The number of unbranched alkanes of at least 4 members (excludes halogenated alkanes) is 3. The van der Waals surface area contributed by atoms with Crippen LogP contribution in [0, 0.1) is 0 Å². The topological polar surface area (TPSA) is 218 Å². The number of likely N-dealkylation sites (N-methyl/N-ethyl adjacent to an activating group) is 2. The van der Waals surface area contributed by atoms with Gasteiger partial charge in [-0.25, -0.2) is 0 Å². The van der Waals surface area contributed by atoms with E-state index in [4.69, 9.17) is 18.9 Å². The van der Waals surface area contributed by atoms with Crippen LogP contribution in [0.25, 0.3) is 0 Å². The van der Waals surface area contributed by atoms with Gasteiger partial charge in [0.25, 0.3) is 11.8 Å². The van der Waals surface area contributed by atoms with E-state index in [9.17, 15) is 28.8 Å². The molecule has 2 saturated heterocycles. The summed E-state index contributed by atoms with van der Waals surface area (Å²) in [4.78, 5) is 84.7. The van der Waals surface area contributed by atoms with Crippen molar-refractivity contribution in [1.82, 2.24) is 41.7 Å². The Kier molecular flexibility index (Phi) is 20.4. The van der Waals surface area contributed by atoms with E-state index in [1.165, 1.54) is 28.4 Å². The first kappa shape index (κ1) is 51.0. The molecule has 0 aliphatic carbocycles. The molecule has 2 aromatic rings. The highest BCUT2D eigenvalue weighted by Crippen LogP contribution is 2.30. The van der Waals surface area contributed by atoms with Gasteiger partial charge in [-0.15, -0.1) is 0 Å². The first-order valence-electron chi connectivity index (χ1n) is 22.4. The predicted molar refractivity (Wildman–Crippen MR) is 242 cm³/mol. The molecule has 0 saturated carbocycles. The van der Waals surface area contributed by atoms with Gasteiger partial charge in [0.05, 0.1) is 40.5 Å². The van der Waals surface area contributed by atoms with Crippen molar-refractivity contribution < 1.29 is 47.7 Å². The largest absolute Gasteiger partial charge is 0.496 e. The van der Waals surface area contributed by atoms with Crippen LogP contribution in [-0.2, 0) is 19.2 Å². The molecular formula is C46H70N8O10. The van der Waals surface area contributed by atoms with Crippen LogP contribution in [0.2, 0.25) is 0 Å². The second kappa shape index (κ2) is 25.6. The summed E-state index contributed by atoms with van der Waals surface area (Å²) in [6.45, 7) is 4.89. The van der Waals surface area contributed by atoms with Crippen LogP contribution in [0.1, 0.15) is 98.8 Å². The van der Waals surface area contributed by atoms with Crippen LogP contribution >= 0.6 is 0 Å². The van der Waals surface area contributed by atoms with Crippen LogP contribution in [-0.4, -0.2) is 150 Å². The molecule has 6 atom stereocenters. The van der Waals surface area contributed by atoms with E-state index < -0.39 is 24.2 Å². The average Bonchev–Trinajstić information content (AvgIpc) is 4.01. The van der Waals surface area contributed by atoms with Crippen molar-refractivity contribution in [2.24, 2.45) is 0 Å². The van der Waals surface area contributed by atoms with Gasteiger partial charge in [0.1, 0.15) is 46.2 Å². The standard InChI is InChI=1S/C46H70N8O10/c1-29(47-3)41(55)51-33(45(59)53-25-15-17-31(53)27-49-43(57)39-35(61-5)21-13-22-36(39)62-6)19-11-9-10-12-20-34(52-42(56)30(2)48-4)46(60)54-26-16-18-32(54)28-50-44(58)40-37(63-7)23-14-24-38(40)64-8/h13-14,21-24,29-34,47-48H,9-12,15-20,25-28H2,1-8H3,(H,49,57)(H,50,58)(H,51,55)(H,52,56)/t29-,30-,31-,32-,33-,34-/m0/s1. The molecule has 6 amide bonds. The maximum absolute atomic E-state index is 14.2. The fourth-order valence-electron chi connectivity index (χ4n) is 8.25. The Morgan fingerprint density at radius 2 is 0.922 bits per heavy atom. The lowest BCUT2D eigenvalue weighted by atomic mass is 10.0. The van der Waals surface area contributed by atoms with E-state index in [1.54, 1.807) is 74.1 Å². The van der Waals surface area contributed by atoms with E-state index in [-0.39, 0.29) is 71.7 Å². The highest BCUT2D eigenvalue weighted by atomic mass is 16.5. The molecule has 2 fully saturated rings. The summed E-state index contributed by atoms with van der Waals surface area (Å²) in [5.74, 6) is -0.245. The average molecular weight is 895 g/mol. The minimum Gasteiger partial charge on any atom is -0.496 e. The summed E-state index contributed by atoms with van der Waals surface area (Å²) >= 11 is 0. The number of hydrogen-bond acceptors (Lipinski definition) is 12. The lowest BCUT2D eigenvalue weighted by molar-refractivity contribution is -0.137. The second-order valence-corrected chi connectivity index (χ2v) is 16.3. The molecule has 64 heavy (non-hydrogen) atoms. The normalized spacial score (nSPS) is 17.7. The Morgan fingerprint density at radius 1 is 0.578 bits per heavy atom. The first-order chi connectivity index (χ1) is 30.8. The van der Waals surface area contributed by atoms with Crippen molar-refractivity contribution in [2.45, 2.75) is 114 Å². The quantitative estimate of drug-likeness (QED) is 0.0793. The van der Waals surface area contributed by atoms with Crippen molar-refractivity contribution >= 4 is 35.4 Å². The van der Waals surface area contributed by atoms with Crippen LogP contribution in [0.4, 0.5) is 0 Å². The van der Waals surface area contributed by atoms with Crippen LogP contribution < -0.4 is 50.8 Å². The molecular weight excluding hydrogens is 825 g/mol. The first-order valence-corrected chi connectivity index (χ1v) is 22.4. The molecule has 0 spiro atoms. The molecule has 2 aliphatic heterocycles. The van der Waals surface area contributed by atoms with Crippen molar-refractivity contribution in [3.8, 4) is 23.0 Å². The monoisotopic (exact) mass is 895 g/mol. The molecule has 354 valence electrons. The van der Waals surface area contributed by atoms with Gasteiger partial charge in [0, 0.05) is 38.3 Å². The van der Waals surface area contributed by atoms with Gasteiger partial charge in [-0.3, -0.25) is 28.8 Å². The molecule has 18 nitrogen and oxygen atoms in total. The van der Waals surface area contributed by atoms with Crippen molar-refractivity contribution in [3.05, 3.63) is 47.5 Å². The summed E-state index contributed by atoms with van der Waals surface area (Å²) in [6.07, 6.45) is 6.38. The smallest absolute Gasteiger partial charge is 0.258 e. The maximum Gasteiger partial charge on any atom is 0.258 e. The van der Waals surface area contributed by atoms with Crippen LogP contribution in [0.5, 0.6) is 23.0 Å². The number of methoxy groups -OCH3 is 4. The number of nitrogens with zero attached hydrogens (tertiary/aromatic N) is 2. The number of carbonyl (C=O) groups is 6. The molecule has 0 aromatic heterocycles. The Bertz CT molecular complexity index is 1720. The zero-order chi connectivity index (χ0) is 46.8. The highest BCUT2D eigenvalue weighted by molar-refractivity contribution is 6.00. The van der Waals surface area contributed by atoms with Crippen molar-refractivity contribution in [3.63, 3.8) is 0 Å². The van der Waals surface area contributed by atoms with Gasteiger partial charge < -0.3 is 60.6 Å². The number of nitrogens with one attached hydrogen (secondary N) is 6. The molecule has 2 heterocycles. The third-order valence-corrected chi connectivity index (χ3v) is 12.2. The lowest BCUT2D eigenvalue weighted by Gasteiger charge is -2.30.